The van der Waals surface area contributed by atoms with Crippen LogP contribution in [-0.4, -0.2) is 72.4 Å². The maximum absolute atomic E-state index is 13.5. The van der Waals surface area contributed by atoms with Crippen molar-refractivity contribution in [1.82, 2.24) is 0 Å². The van der Waals surface area contributed by atoms with Gasteiger partial charge in [-0.1, -0.05) is 32.0 Å². The lowest BCUT2D eigenvalue weighted by molar-refractivity contribution is -0.177. The molecule has 0 aromatic heterocycles. The molecule has 0 saturated heterocycles. The van der Waals surface area contributed by atoms with Crippen molar-refractivity contribution in [2.24, 2.45) is 28.6 Å². The van der Waals surface area contributed by atoms with Crippen molar-refractivity contribution in [3.63, 3.8) is 0 Å². The lowest BCUT2D eigenvalue weighted by Crippen LogP contribution is -2.63. The fourth-order valence-corrected chi connectivity index (χ4v) is 9.26. The first-order valence-electron chi connectivity index (χ1n) is 15.5. The van der Waals surface area contributed by atoms with E-state index >= 15 is 0 Å². The molecule has 3 saturated carbocycles. The summed E-state index contributed by atoms with van der Waals surface area (Å²) in [6, 6.07) is 8.60. The van der Waals surface area contributed by atoms with Crippen LogP contribution in [0.5, 0.6) is 0 Å². The average Bonchev–Trinajstić information content (AvgIpc) is 3.20. The SMILES string of the molecule is CC(C)(O)CC[C@H](OC(=O)c1ccccc1)[C@](C)(O)[C@@H]1CC[C@@]2(O)C3=CC(=O)[C@@H]4C[C@@H](O)[C@H](O)C[C@]4(C)[C@@H]3CC[C@]12C. The summed E-state index contributed by atoms with van der Waals surface area (Å²) in [4.78, 5) is 26.7. The third-order valence-corrected chi connectivity index (χ3v) is 11.8. The highest BCUT2D eigenvalue weighted by Crippen LogP contribution is 2.68. The quantitative estimate of drug-likeness (QED) is 0.305. The summed E-state index contributed by atoms with van der Waals surface area (Å²) in [6.07, 6.45) is 1.84. The van der Waals surface area contributed by atoms with Crippen LogP contribution in [0.2, 0.25) is 0 Å². The van der Waals surface area contributed by atoms with E-state index in [0.29, 0.717) is 43.2 Å². The molecular weight excluding hydrogens is 536 g/mol. The number of fused-ring (bicyclic) bond motifs is 5. The number of benzene rings is 1. The summed E-state index contributed by atoms with van der Waals surface area (Å²) in [5.41, 5.74) is -4.30. The van der Waals surface area contributed by atoms with Crippen molar-refractivity contribution in [3.05, 3.63) is 47.5 Å². The third-order valence-electron chi connectivity index (χ3n) is 11.8. The number of hydrogen-bond acceptors (Lipinski definition) is 8. The van der Waals surface area contributed by atoms with E-state index in [4.69, 9.17) is 4.74 Å². The number of esters is 1. The molecule has 5 N–H and O–H groups in total. The molecule has 8 nitrogen and oxygen atoms in total. The Morgan fingerprint density at radius 2 is 1.69 bits per heavy atom. The van der Waals surface area contributed by atoms with Crippen LogP contribution in [0.15, 0.2) is 42.0 Å². The Balaban J connectivity index is 1.48. The van der Waals surface area contributed by atoms with E-state index in [1.165, 1.54) is 0 Å². The molecular formula is C34H48O8. The van der Waals surface area contributed by atoms with Gasteiger partial charge in [-0.3, -0.25) is 4.79 Å². The van der Waals surface area contributed by atoms with Crippen LogP contribution >= 0.6 is 0 Å². The molecule has 0 aliphatic heterocycles. The summed E-state index contributed by atoms with van der Waals surface area (Å²) in [6.45, 7) is 9.00. The fraction of sp³-hybridized carbons (Fsp3) is 0.706. The van der Waals surface area contributed by atoms with Gasteiger partial charge >= 0.3 is 5.97 Å². The Labute approximate surface area is 248 Å². The zero-order valence-corrected chi connectivity index (χ0v) is 25.5. The number of aliphatic hydroxyl groups is 5. The van der Waals surface area contributed by atoms with Gasteiger partial charge < -0.3 is 30.3 Å². The zero-order valence-electron chi connectivity index (χ0n) is 25.5. The standard InChI is InChI=1S/C34H48O8/c1-30(2,39)14-13-28(42-29(38)20-9-7-6-8-10-20)33(5,40)27-12-16-34(41)22-17-24(35)23-18-25(36)26(37)19-31(23,3)21(22)11-15-32(27,34)4/h6-10,17,21,23,25-28,36-37,39-41H,11-16,18-19H2,1-5H3/t21-,23+,25-,26-,27-,28+,31-,32-,33-,34-/m1/s1. The molecule has 0 heterocycles. The number of carbonyl (C=O) groups is 2. The minimum Gasteiger partial charge on any atom is -0.456 e. The van der Waals surface area contributed by atoms with E-state index in [9.17, 15) is 35.1 Å². The van der Waals surface area contributed by atoms with E-state index in [1.807, 2.05) is 13.8 Å². The number of hydrogen-bond donors (Lipinski definition) is 5. The molecule has 0 radical (unpaired) electrons. The summed E-state index contributed by atoms with van der Waals surface area (Å²) in [5, 5.41) is 56.3. The molecule has 4 aliphatic rings. The van der Waals surface area contributed by atoms with Gasteiger partial charge in [0.1, 0.15) is 11.7 Å². The van der Waals surface area contributed by atoms with E-state index in [1.54, 1.807) is 57.2 Å². The molecule has 8 heteroatoms. The molecule has 10 atom stereocenters. The van der Waals surface area contributed by atoms with Gasteiger partial charge in [-0.05, 0) is 113 Å². The number of carbonyl (C=O) groups excluding carboxylic acids is 2. The van der Waals surface area contributed by atoms with E-state index < -0.39 is 63.8 Å². The van der Waals surface area contributed by atoms with Crippen molar-refractivity contribution in [2.45, 2.75) is 121 Å². The van der Waals surface area contributed by atoms with Gasteiger partial charge in [0.15, 0.2) is 5.78 Å². The Bertz CT molecular complexity index is 1230. The van der Waals surface area contributed by atoms with Crippen molar-refractivity contribution < 1.29 is 39.9 Å². The third kappa shape index (κ3) is 4.97. The van der Waals surface area contributed by atoms with E-state index in [-0.39, 0.29) is 31.0 Å². The van der Waals surface area contributed by atoms with Crippen LogP contribution in [0.3, 0.4) is 0 Å². The highest BCUT2D eigenvalue weighted by atomic mass is 16.6. The largest absolute Gasteiger partial charge is 0.456 e. The lowest BCUT2D eigenvalue weighted by Gasteiger charge is -2.60. The van der Waals surface area contributed by atoms with E-state index in [0.717, 1.165) is 0 Å². The second kappa shape index (κ2) is 10.5. The number of aliphatic hydroxyl groups excluding tert-OH is 2. The van der Waals surface area contributed by atoms with Gasteiger partial charge in [-0.2, -0.15) is 0 Å². The summed E-state index contributed by atoms with van der Waals surface area (Å²) < 4.78 is 6.00. The first-order chi connectivity index (χ1) is 19.4. The topological polar surface area (TPSA) is 145 Å². The molecule has 5 rings (SSSR count). The maximum atomic E-state index is 13.5. The van der Waals surface area contributed by atoms with Gasteiger partial charge in [0.2, 0.25) is 0 Å². The molecule has 3 fully saturated rings. The number of ether oxygens (including phenoxy) is 1. The van der Waals surface area contributed by atoms with Crippen molar-refractivity contribution in [2.75, 3.05) is 0 Å². The van der Waals surface area contributed by atoms with Crippen molar-refractivity contribution in [3.8, 4) is 0 Å². The van der Waals surface area contributed by atoms with Gasteiger partial charge in [0.25, 0.3) is 0 Å². The monoisotopic (exact) mass is 584 g/mol. The minimum absolute atomic E-state index is 0.123. The van der Waals surface area contributed by atoms with Gasteiger partial charge in [-0.25, -0.2) is 4.79 Å². The normalized spacial score (nSPS) is 40.2. The molecule has 0 amide bonds. The second-order valence-electron chi connectivity index (χ2n) is 14.9. The Morgan fingerprint density at radius 3 is 2.33 bits per heavy atom. The number of ketones is 1. The average molecular weight is 585 g/mol. The van der Waals surface area contributed by atoms with Crippen LogP contribution in [-0.2, 0) is 9.53 Å². The second-order valence-corrected chi connectivity index (χ2v) is 14.9. The molecule has 1 aromatic rings. The summed E-state index contributed by atoms with van der Waals surface area (Å²) in [5.74, 6) is -1.70. The maximum Gasteiger partial charge on any atom is 0.338 e. The van der Waals surface area contributed by atoms with Crippen LogP contribution < -0.4 is 0 Å². The molecule has 0 bridgehead atoms. The fourth-order valence-electron chi connectivity index (χ4n) is 9.26. The van der Waals surface area contributed by atoms with Crippen LogP contribution in [0.1, 0.15) is 96.3 Å². The van der Waals surface area contributed by atoms with Gasteiger partial charge in [0.05, 0.1) is 29.0 Å². The minimum atomic E-state index is -1.54. The Kier molecular flexibility index (Phi) is 7.84. The van der Waals surface area contributed by atoms with Gasteiger partial charge in [0, 0.05) is 11.3 Å². The summed E-state index contributed by atoms with van der Waals surface area (Å²) >= 11 is 0. The van der Waals surface area contributed by atoms with E-state index in [2.05, 4.69) is 0 Å². The molecule has 0 unspecified atom stereocenters. The highest BCUT2D eigenvalue weighted by molar-refractivity contribution is 5.95. The van der Waals surface area contributed by atoms with Crippen LogP contribution in [0.25, 0.3) is 0 Å². The molecule has 0 spiro atoms. The predicted molar refractivity (Wildman–Crippen MR) is 156 cm³/mol. The molecule has 42 heavy (non-hydrogen) atoms. The molecule has 4 aliphatic carbocycles. The smallest absolute Gasteiger partial charge is 0.338 e. The predicted octanol–water partition coefficient (Wildman–Crippen LogP) is 3.72. The molecule has 1 aromatic carbocycles. The zero-order chi connectivity index (χ0) is 30.9. The lowest BCUT2D eigenvalue weighted by atomic mass is 9.45. The number of allylic oxidation sites excluding steroid dienone is 1. The van der Waals surface area contributed by atoms with Crippen LogP contribution in [0.4, 0.5) is 0 Å². The molecule has 232 valence electrons. The number of rotatable bonds is 7. The first kappa shape index (κ1) is 31.3. The highest BCUT2D eigenvalue weighted by Gasteiger charge is 2.69. The first-order valence-corrected chi connectivity index (χ1v) is 15.5. The van der Waals surface area contributed by atoms with Gasteiger partial charge in [-0.15, -0.1) is 0 Å². The Hall–Kier alpha value is -2.10. The van der Waals surface area contributed by atoms with Crippen LogP contribution in [0, 0.1) is 28.6 Å². The van der Waals surface area contributed by atoms with Crippen molar-refractivity contribution >= 4 is 11.8 Å². The summed E-state index contributed by atoms with van der Waals surface area (Å²) in [7, 11) is 0. The van der Waals surface area contributed by atoms with Crippen molar-refractivity contribution in [1.29, 1.82) is 0 Å². The Morgan fingerprint density at radius 1 is 1.02 bits per heavy atom.